The van der Waals surface area contributed by atoms with Crippen molar-refractivity contribution in [2.75, 3.05) is 27.2 Å². The molecular formula is C16H26N2O. The van der Waals surface area contributed by atoms with Crippen LogP contribution >= 0.6 is 0 Å². The number of hydrogen-bond acceptors (Lipinski definition) is 3. The van der Waals surface area contributed by atoms with E-state index in [2.05, 4.69) is 24.1 Å². The molecule has 0 heterocycles. The molecule has 0 aliphatic heterocycles. The molecule has 1 fully saturated rings. The highest BCUT2D eigenvalue weighted by Crippen LogP contribution is 2.28. The molecule has 1 aromatic rings. The Morgan fingerprint density at radius 2 is 1.89 bits per heavy atom. The quantitative estimate of drug-likeness (QED) is 0.856. The normalized spacial score (nSPS) is 17.9. The Morgan fingerprint density at radius 1 is 1.26 bits per heavy atom. The lowest BCUT2D eigenvalue weighted by molar-refractivity contribution is 0.212. The van der Waals surface area contributed by atoms with Crippen LogP contribution in [0.4, 0.5) is 0 Å². The number of nitrogens with zero attached hydrogens (tertiary/aromatic N) is 1. The third-order valence-corrected chi connectivity index (χ3v) is 4.28. The SMILES string of the molecule is COc1ccc(C(CN)N(C)CC2CCCC2)cc1. The van der Waals surface area contributed by atoms with Gasteiger partial charge in [-0.1, -0.05) is 25.0 Å². The van der Waals surface area contributed by atoms with E-state index in [0.717, 1.165) is 18.2 Å². The molecule has 106 valence electrons. The molecule has 3 heteroatoms. The standard InChI is InChI=1S/C16H26N2O/c1-18(12-13-5-3-4-6-13)16(11-17)14-7-9-15(19-2)10-8-14/h7-10,13,16H,3-6,11-12,17H2,1-2H3. The number of nitrogens with two attached hydrogens (primary N) is 1. The third kappa shape index (κ3) is 3.71. The zero-order valence-electron chi connectivity index (χ0n) is 12.1. The summed E-state index contributed by atoms with van der Waals surface area (Å²) in [5.74, 6) is 1.76. The van der Waals surface area contributed by atoms with E-state index < -0.39 is 0 Å². The largest absolute Gasteiger partial charge is 0.497 e. The minimum Gasteiger partial charge on any atom is -0.497 e. The summed E-state index contributed by atoms with van der Waals surface area (Å²) in [6, 6.07) is 8.60. The van der Waals surface area contributed by atoms with Gasteiger partial charge in [0.2, 0.25) is 0 Å². The van der Waals surface area contributed by atoms with Gasteiger partial charge in [-0.15, -0.1) is 0 Å². The molecule has 0 radical (unpaired) electrons. The molecule has 1 atom stereocenters. The van der Waals surface area contributed by atoms with Crippen molar-refractivity contribution in [2.45, 2.75) is 31.7 Å². The van der Waals surface area contributed by atoms with Gasteiger partial charge in [-0.25, -0.2) is 0 Å². The molecule has 1 aliphatic carbocycles. The Morgan fingerprint density at radius 3 is 2.42 bits per heavy atom. The first-order valence-corrected chi connectivity index (χ1v) is 7.29. The van der Waals surface area contributed by atoms with Gasteiger partial charge in [0.05, 0.1) is 7.11 Å². The van der Waals surface area contributed by atoms with Crippen LogP contribution in [0.3, 0.4) is 0 Å². The van der Waals surface area contributed by atoms with Crippen molar-refractivity contribution >= 4 is 0 Å². The van der Waals surface area contributed by atoms with Crippen molar-refractivity contribution in [3.8, 4) is 5.75 Å². The zero-order valence-corrected chi connectivity index (χ0v) is 12.1. The van der Waals surface area contributed by atoms with E-state index in [0.29, 0.717) is 12.6 Å². The van der Waals surface area contributed by atoms with Gasteiger partial charge in [-0.05, 0) is 43.5 Å². The third-order valence-electron chi connectivity index (χ3n) is 4.28. The lowest BCUT2D eigenvalue weighted by Crippen LogP contribution is -2.33. The first-order valence-electron chi connectivity index (χ1n) is 7.29. The van der Waals surface area contributed by atoms with E-state index in [1.807, 2.05) is 12.1 Å². The van der Waals surface area contributed by atoms with E-state index in [1.165, 1.54) is 31.2 Å². The molecule has 1 aliphatic rings. The molecule has 0 bridgehead atoms. The van der Waals surface area contributed by atoms with Crippen LogP contribution in [0.2, 0.25) is 0 Å². The summed E-state index contributed by atoms with van der Waals surface area (Å²) in [6.45, 7) is 1.82. The molecule has 3 nitrogen and oxygen atoms in total. The van der Waals surface area contributed by atoms with Crippen LogP contribution in [0.25, 0.3) is 0 Å². The zero-order chi connectivity index (χ0) is 13.7. The van der Waals surface area contributed by atoms with Crippen LogP contribution in [0.5, 0.6) is 5.75 Å². The molecular weight excluding hydrogens is 236 g/mol. The highest BCUT2D eigenvalue weighted by atomic mass is 16.5. The van der Waals surface area contributed by atoms with E-state index in [4.69, 9.17) is 10.5 Å². The second-order valence-electron chi connectivity index (χ2n) is 5.61. The molecule has 0 amide bonds. The van der Waals surface area contributed by atoms with Gasteiger partial charge < -0.3 is 10.5 Å². The highest BCUT2D eigenvalue weighted by molar-refractivity contribution is 5.29. The minimum absolute atomic E-state index is 0.312. The first-order chi connectivity index (χ1) is 9.24. The van der Waals surface area contributed by atoms with Gasteiger partial charge in [-0.3, -0.25) is 4.90 Å². The Labute approximate surface area is 116 Å². The van der Waals surface area contributed by atoms with Crippen molar-refractivity contribution in [1.29, 1.82) is 0 Å². The average Bonchev–Trinajstić information content (AvgIpc) is 2.93. The van der Waals surface area contributed by atoms with Crippen LogP contribution in [0.1, 0.15) is 37.3 Å². The number of rotatable bonds is 6. The second kappa shape index (κ2) is 6.92. The maximum atomic E-state index is 5.98. The monoisotopic (exact) mass is 262 g/mol. The number of likely N-dealkylation sites (N-methyl/N-ethyl adjacent to an activating group) is 1. The van der Waals surface area contributed by atoms with Crippen LogP contribution in [-0.4, -0.2) is 32.1 Å². The van der Waals surface area contributed by atoms with Crippen LogP contribution in [0, 0.1) is 5.92 Å². The summed E-state index contributed by atoms with van der Waals surface area (Å²) in [6.07, 6.45) is 5.55. The Hall–Kier alpha value is -1.06. The molecule has 19 heavy (non-hydrogen) atoms. The predicted molar refractivity (Wildman–Crippen MR) is 79.4 cm³/mol. The van der Waals surface area contributed by atoms with Gasteiger partial charge >= 0.3 is 0 Å². The molecule has 2 N–H and O–H groups in total. The molecule has 1 unspecified atom stereocenters. The fourth-order valence-corrected chi connectivity index (χ4v) is 3.12. The Kier molecular flexibility index (Phi) is 5.23. The molecule has 1 aromatic carbocycles. The molecule has 0 saturated heterocycles. The summed E-state index contributed by atoms with van der Waals surface area (Å²) >= 11 is 0. The van der Waals surface area contributed by atoms with Crippen LogP contribution in [0.15, 0.2) is 24.3 Å². The lowest BCUT2D eigenvalue weighted by Gasteiger charge is -2.29. The average molecular weight is 262 g/mol. The topological polar surface area (TPSA) is 38.5 Å². The highest BCUT2D eigenvalue weighted by Gasteiger charge is 2.21. The number of ether oxygens (including phenoxy) is 1. The van der Waals surface area contributed by atoms with E-state index >= 15 is 0 Å². The summed E-state index contributed by atoms with van der Waals surface area (Å²) in [7, 11) is 3.89. The van der Waals surface area contributed by atoms with Gasteiger partial charge in [0.25, 0.3) is 0 Å². The van der Waals surface area contributed by atoms with E-state index in [1.54, 1.807) is 7.11 Å². The second-order valence-corrected chi connectivity index (χ2v) is 5.61. The Balaban J connectivity index is 2.00. The number of hydrogen-bond donors (Lipinski definition) is 1. The van der Waals surface area contributed by atoms with Crippen LogP contribution in [-0.2, 0) is 0 Å². The fourth-order valence-electron chi connectivity index (χ4n) is 3.12. The summed E-state index contributed by atoms with van der Waals surface area (Å²) in [5.41, 5.74) is 7.26. The molecule has 2 rings (SSSR count). The maximum Gasteiger partial charge on any atom is 0.118 e. The van der Waals surface area contributed by atoms with Gasteiger partial charge in [0, 0.05) is 19.1 Å². The van der Waals surface area contributed by atoms with Crippen molar-refractivity contribution in [1.82, 2.24) is 4.90 Å². The van der Waals surface area contributed by atoms with Gasteiger partial charge in [0.15, 0.2) is 0 Å². The van der Waals surface area contributed by atoms with Gasteiger partial charge in [0.1, 0.15) is 5.75 Å². The minimum atomic E-state index is 0.312. The predicted octanol–water partition coefficient (Wildman–Crippen LogP) is 2.82. The van der Waals surface area contributed by atoms with Crippen LogP contribution < -0.4 is 10.5 Å². The molecule has 0 aromatic heterocycles. The summed E-state index contributed by atoms with van der Waals surface area (Å²) < 4.78 is 5.21. The van der Waals surface area contributed by atoms with E-state index in [-0.39, 0.29) is 0 Å². The smallest absolute Gasteiger partial charge is 0.118 e. The molecule has 1 saturated carbocycles. The van der Waals surface area contributed by atoms with Crippen molar-refractivity contribution in [2.24, 2.45) is 11.7 Å². The van der Waals surface area contributed by atoms with Crippen molar-refractivity contribution in [3.63, 3.8) is 0 Å². The summed E-state index contributed by atoms with van der Waals surface area (Å²) in [5, 5.41) is 0. The van der Waals surface area contributed by atoms with E-state index in [9.17, 15) is 0 Å². The van der Waals surface area contributed by atoms with Gasteiger partial charge in [-0.2, -0.15) is 0 Å². The number of benzene rings is 1. The number of methoxy groups -OCH3 is 1. The Bertz CT molecular complexity index is 371. The fraction of sp³-hybridized carbons (Fsp3) is 0.625. The lowest BCUT2D eigenvalue weighted by atomic mass is 10.0. The first kappa shape index (κ1) is 14.4. The maximum absolute atomic E-state index is 5.98. The molecule has 0 spiro atoms. The van der Waals surface area contributed by atoms with Crippen molar-refractivity contribution < 1.29 is 4.74 Å². The van der Waals surface area contributed by atoms with Crippen molar-refractivity contribution in [3.05, 3.63) is 29.8 Å². The summed E-state index contributed by atoms with van der Waals surface area (Å²) in [4.78, 5) is 2.41.